The second-order valence-corrected chi connectivity index (χ2v) is 6.54. The van der Waals surface area contributed by atoms with Gasteiger partial charge in [0, 0.05) is 31.6 Å². The smallest absolute Gasteiger partial charge is 0.128 e. The molecule has 0 unspecified atom stereocenters. The van der Waals surface area contributed by atoms with Crippen LogP contribution in [0, 0.1) is 0 Å². The van der Waals surface area contributed by atoms with Gasteiger partial charge in [-0.3, -0.25) is 0 Å². The van der Waals surface area contributed by atoms with Crippen molar-refractivity contribution in [2.24, 2.45) is 0 Å². The number of piperazine rings is 1. The Bertz CT molecular complexity index is 1020. The van der Waals surface area contributed by atoms with Crippen LogP contribution in [-0.2, 0) is 0 Å². The highest BCUT2D eigenvalue weighted by Crippen LogP contribution is 2.35. The number of nitrogens with zero attached hydrogens (tertiary/aromatic N) is 3. The quantitative estimate of drug-likeness (QED) is 0.546. The van der Waals surface area contributed by atoms with Crippen molar-refractivity contribution in [2.75, 3.05) is 31.1 Å². The lowest BCUT2D eigenvalue weighted by Crippen LogP contribution is -2.43. The molecule has 3 aromatic carbocycles. The van der Waals surface area contributed by atoms with E-state index in [2.05, 4.69) is 61.4 Å². The van der Waals surface area contributed by atoms with Crippen LogP contribution in [0.3, 0.4) is 0 Å². The van der Waals surface area contributed by atoms with Crippen molar-refractivity contribution in [2.45, 2.75) is 0 Å². The first-order valence-electron chi connectivity index (χ1n) is 7.93. The molecule has 1 saturated heterocycles. The Morgan fingerprint density at radius 1 is 0.870 bits per heavy atom. The molecule has 5 heteroatoms. The van der Waals surface area contributed by atoms with Crippen molar-refractivity contribution < 1.29 is 0 Å². The van der Waals surface area contributed by atoms with Gasteiger partial charge >= 0.3 is 0 Å². The molecule has 23 heavy (non-hydrogen) atoms. The molecule has 0 amide bonds. The summed E-state index contributed by atoms with van der Waals surface area (Å²) in [6, 6.07) is 15.3. The van der Waals surface area contributed by atoms with E-state index in [1.165, 1.54) is 39.0 Å². The fourth-order valence-electron chi connectivity index (χ4n) is 3.48. The molecule has 5 rings (SSSR count). The molecule has 1 aliphatic rings. The molecular weight excluding hydrogens is 304 g/mol. The molecule has 0 aliphatic carbocycles. The average molecular weight is 320 g/mol. The minimum atomic E-state index is 1.02. The third-order valence-corrected chi connectivity index (χ3v) is 5.18. The highest BCUT2D eigenvalue weighted by molar-refractivity contribution is 7.00. The van der Waals surface area contributed by atoms with E-state index in [0.717, 1.165) is 37.2 Å². The van der Waals surface area contributed by atoms with E-state index in [1.807, 2.05) is 0 Å². The van der Waals surface area contributed by atoms with Crippen LogP contribution >= 0.6 is 11.7 Å². The Balaban J connectivity index is 1.83. The van der Waals surface area contributed by atoms with Crippen LogP contribution in [0.4, 0.5) is 5.69 Å². The summed E-state index contributed by atoms with van der Waals surface area (Å²) >= 11 is 1.31. The Kier molecular flexibility index (Phi) is 2.96. The first kappa shape index (κ1) is 13.2. The van der Waals surface area contributed by atoms with E-state index >= 15 is 0 Å². The third kappa shape index (κ3) is 2.08. The van der Waals surface area contributed by atoms with Crippen LogP contribution in [0.1, 0.15) is 0 Å². The fraction of sp³-hybridized carbons (Fsp3) is 0.222. The maximum Gasteiger partial charge on any atom is 0.128 e. The molecule has 0 spiro atoms. The van der Waals surface area contributed by atoms with Crippen LogP contribution < -0.4 is 10.2 Å². The Labute approximate surface area is 138 Å². The molecule has 114 valence electrons. The van der Waals surface area contributed by atoms with Gasteiger partial charge < -0.3 is 10.2 Å². The van der Waals surface area contributed by atoms with E-state index < -0.39 is 0 Å². The monoisotopic (exact) mass is 320 g/mol. The summed E-state index contributed by atoms with van der Waals surface area (Å²) in [5, 5.41) is 8.39. The summed E-state index contributed by atoms with van der Waals surface area (Å²) in [5.74, 6) is 0. The number of hydrogen-bond donors (Lipinski definition) is 1. The second kappa shape index (κ2) is 5.15. The molecule has 1 aromatic heterocycles. The minimum Gasteiger partial charge on any atom is -0.367 e. The molecule has 4 aromatic rings. The Hall–Kier alpha value is -2.24. The summed E-state index contributed by atoms with van der Waals surface area (Å²) in [6.45, 7) is 4.08. The standard InChI is InChI=1S/C18H16N4S/c1-2-4-13-10-15-14(9-12(13)3-1)11-16(18-17(15)20-23-21-18)22-7-5-19-6-8-22/h1-4,9-11,19H,5-8H2. The van der Waals surface area contributed by atoms with Gasteiger partial charge in [-0.2, -0.15) is 8.75 Å². The topological polar surface area (TPSA) is 41.0 Å². The number of fused-ring (bicyclic) bond motifs is 4. The lowest BCUT2D eigenvalue weighted by atomic mass is 10.0. The largest absolute Gasteiger partial charge is 0.367 e. The van der Waals surface area contributed by atoms with Crippen molar-refractivity contribution in [3.8, 4) is 0 Å². The van der Waals surface area contributed by atoms with E-state index in [-0.39, 0.29) is 0 Å². The molecule has 1 N–H and O–H groups in total. The molecule has 0 bridgehead atoms. The number of aromatic nitrogens is 2. The molecule has 1 fully saturated rings. The van der Waals surface area contributed by atoms with Gasteiger partial charge in [-0.05, 0) is 34.4 Å². The summed E-state index contributed by atoms with van der Waals surface area (Å²) in [7, 11) is 0. The normalized spacial score (nSPS) is 15.7. The summed E-state index contributed by atoms with van der Waals surface area (Å²) in [5.41, 5.74) is 3.30. The van der Waals surface area contributed by atoms with Gasteiger partial charge in [0.1, 0.15) is 11.0 Å². The molecule has 0 radical (unpaired) electrons. The SMILES string of the molecule is c1ccc2cc3c(cc(N4CCNCC4)c4nsnc43)cc2c1. The van der Waals surface area contributed by atoms with Gasteiger partial charge in [-0.1, -0.05) is 24.3 Å². The Morgan fingerprint density at radius 2 is 1.61 bits per heavy atom. The highest BCUT2D eigenvalue weighted by atomic mass is 32.1. The van der Waals surface area contributed by atoms with Gasteiger partial charge in [0.05, 0.1) is 17.4 Å². The van der Waals surface area contributed by atoms with Crippen LogP contribution in [0.25, 0.3) is 32.6 Å². The first-order valence-corrected chi connectivity index (χ1v) is 8.67. The molecule has 1 aliphatic heterocycles. The third-order valence-electron chi connectivity index (χ3n) is 4.65. The van der Waals surface area contributed by atoms with Crippen molar-refractivity contribution in [1.82, 2.24) is 14.1 Å². The zero-order valence-electron chi connectivity index (χ0n) is 12.6. The molecule has 2 heterocycles. The number of hydrogen-bond acceptors (Lipinski definition) is 5. The average Bonchev–Trinajstić information content (AvgIpc) is 3.10. The molecule has 0 saturated carbocycles. The summed E-state index contributed by atoms with van der Waals surface area (Å²) < 4.78 is 9.19. The molecular formula is C18H16N4S. The highest BCUT2D eigenvalue weighted by Gasteiger charge is 2.18. The zero-order chi connectivity index (χ0) is 15.2. The van der Waals surface area contributed by atoms with Gasteiger partial charge in [-0.15, -0.1) is 0 Å². The van der Waals surface area contributed by atoms with Gasteiger partial charge in [-0.25, -0.2) is 0 Å². The number of benzene rings is 3. The lowest BCUT2D eigenvalue weighted by Gasteiger charge is -2.29. The van der Waals surface area contributed by atoms with E-state index in [4.69, 9.17) is 0 Å². The van der Waals surface area contributed by atoms with E-state index in [9.17, 15) is 0 Å². The van der Waals surface area contributed by atoms with Crippen molar-refractivity contribution >= 4 is 50.0 Å². The number of rotatable bonds is 1. The number of anilines is 1. The maximum absolute atomic E-state index is 4.60. The predicted molar refractivity (Wildman–Crippen MR) is 97.5 cm³/mol. The predicted octanol–water partition coefficient (Wildman–Crippen LogP) is 3.41. The van der Waals surface area contributed by atoms with Crippen LogP contribution in [0.5, 0.6) is 0 Å². The van der Waals surface area contributed by atoms with Crippen molar-refractivity contribution in [3.05, 3.63) is 42.5 Å². The van der Waals surface area contributed by atoms with E-state index in [0.29, 0.717) is 0 Å². The summed E-state index contributed by atoms with van der Waals surface area (Å²) in [6.07, 6.45) is 0. The molecule has 4 nitrogen and oxygen atoms in total. The minimum absolute atomic E-state index is 1.02. The Morgan fingerprint density at radius 3 is 2.43 bits per heavy atom. The fourth-order valence-corrected chi connectivity index (χ4v) is 4.05. The lowest BCUT2D eigenvalue weighted by molar-refractivity contribution is 0.590. The van der Waals surface area contributed by atoms with Crippen LogP contribution in [0.2, 0.25) is 0 Å². The molecule has 0 atom stereocenters. The summed E-state index contributed by atoms with van der Waals surface area (Å²) in [4.78, 5) is 2.43. The maximum atomic E-state index is 4.60. The van der Waals surface area contributed by atoms with Crippen molar-refractivity contribution in [1.29, 1.82) is 0 Å². The first-order chi connectivity index (χ1) is 11.4. The number of nitrogens with one attached hydrogen (secondary N) is 1. The van der Waals surface area contributed by atoms with Crippen molar-refractivity contribution in [3.63, 3.8) is 0 Å². The van der Waals surface area contributed by atoms with Gasteiger partial charge in [0.2, 0.25) is 0 Å². The second-order valence-electron chi connectivity index (χ2n) is 6.01. The van der Waals surface area contributed by atoms with E-state index in [1.54, 1.807) is 0 Å². The zero-order valence-corrected chi connectivity index (χ0v) is 13.4. The van der Waals surface area contributed by atoms with Crippen LogP contribution in [0.15, 0.2) is 42.5 Å². The van der Waals surface area contributed by atoms with Crippen LogP contribution in [-0.4, -0.2) is 34.9 Å². The van der Waals surface area contributed by atoms with Gasteiger partial charge in [0.25, 0.3) is 0 Å². The van der Waals surface area contributed by atoms with Gasteiger partial charge in [0.15, 0.2) is 0 Å².